The average molecular weight is 132 g/mol. The highest BCUT2D eigenvalue weighted by Crippen LogP contribution is 2.02. The molecule has 0 aliphatic rings. The van der Waals surface area contributed by atoms with Gasteiger partial charge in [-0.1, -0.05) is 25.5 Å². The SMILES string of the molecule is CC=C(CC)CC.N.N. The van der Waals surface area contributed by atoms with Crippen LogP contribution in [0.2, 0.25) is 0 Å². The predicted octanol–water partition coefficient (Wildman–Crippen LogP) is 3.08. The topological polar surface area (TPSA) is 70.0 Å². The van der Waals surface area contributed by atoms with Crippen LogP contribution in [0.25, 0.3) is 0 Å². The first-order valence-corrected chi connectivity index (χ1v) is 2.99. The predicted molar refractivity (Wildman–Crippen MR) is 44.4 cm³/mol. The van der Waals surface area contributed by atoms with Crippen LogP contribution in [0.15, 0.2) is 11.6 Å². The Morgan fingerprint density at radius 2 is 1.44 bits per heavy atom. The molecule has 2 heteroatoms. The van der Waals surface area contributed by atoms with E-state index in [1.165, 1.54) is 12.8 Å². The molecule has 0 saturated heterocycles. The molecule has 0 aliphatic heterocycles. The zero-order chi connectivity index (χ0) is 5.70. The molecule has 0 saturated carbocycles. The summed E-state index contributed by atoms with van der Waals surface area (Å²) in [4.78, 5) is 0. The van der Waals surface area contributed by atoms with Crippen molar-refractivity contribution >= 4 is 0 Å². The molecule has 9 heavy (non-hydrogen) atoms. The molecule has 0 aliphatic carbocycles. The summed E-state index contributed by atoms with van der Waals surface area (Å²) in [5.74, 6) is 0. The maximum absolute atomic E-state index is 2.19. The van der Waals surface area contributed by atoms with Gasteiger partial charge in [-0.15, -0.1) is 0 Å². The molecule has 0 heterocycles. The van der Waals surface area contributed by atoms with Gasteiger partial charge in [0.2, 0.25) is 0 Å². The van der Waals surface area contributed by atoms with Crippen molar-refractivity contribution in [2.75, 3.05) is 0 Å². The van der Waals surface area contributed by atoms with E-state index in [1.54, 1.807) is 5.57 Å². The molecule has 0 radical (unpaired) electrons. The van der Waals surface area contributed by atoms with Gasteiger partial charge < -0.3 is 12.3 Å². The van der Waals surface area contributed by atoms with E-state index < -0.39 is 0 Å². The summed E-state index contributed by atoms with van der Waals surface area (Å²) >= 11 is 0. The Labute approximate surface area is 58.5 Å². The molecule has 0 aromatic rings. The van der Waals surface area contributed by atoms with Crippen LogP contribution in [0.1, 0.15) is 33.6 Å². The minimum atomic E-state index is 0. The number of hydrogen-bond acceptors (Lipinski definition) is 2. The summed E-state index contributed by atoms with van der Waals surface area (Å²) in [6, 6.07) is 0. The van der Waals surface area contributed by atoms with Crippen LogP contribution in [0.4, 0.5) is 0 Å². The van der Waals surface area contributed by atoms with Crippen molar-refractivity contribution in [3.8, 4) is 0 Å². The third-order valence-corrected chi connectivity index (χ3v) is 1.32. The lowest BCUT2D eigenvalue weighted by Crippen LogP contribution is -1.72. The van der Waals surface area contributed by atoms with Crippen LogP contribution in [-0.4, -0.2) is 0 Å². The van der Waals surface area contributed by atoms with Gasteiger partial charge in [-0.3, -0.25) is 0 Å². The van der Waals surface area contributed by atoms with Crippen LogP contribution in [0.3, 0.4) is 0 Å². The molecular formula is C7H20N2. The molecule has 0 aromatic heterocycles. The molecule has 0 spiro atoms. The molecular weight excluding hydrogens is 112 g/mol. The molecule has 2 nitrogen and oxygen atoms in total. The molecule has 0 aromatic carbocycles. The molecule has 58 valence electrons. The quantitative estimate of drug-likeness (QED) is 0.567. The summed E-state index contributed by atoms with van der Waals surface area (Å²) < 4.78 is 0. The van der Waals surface area contributed by atoms with E-state index in [9.17, 15) is 0 Å². The first kappa shape index (κ1) is 15.9. The smallest absolute Gasteiger partial charge is 0.0349 e. The first-order chi connectivity index (χ1) is 3.35. The standard InChI is InChI=1S/C7H14.2H3N/c1-4-7(5-2)6-3;;/h4H,5-6H2,1-3H3;2*1H3. The number of rotatable bonds is 2. The monoisotopic (exact) mass is 132 g/mol. The van der Waals surface area contributed by atoms with E-state index in [-0.39, 0.29) is 12.3 Å². The fourth-order valence-corrected chi connectivity index (χ4v) is 0.658. The summed E-state index contributed by atoms with van der Waals surface area (Å²) in [7, 11) is 0. The third kappa shape index (κ3) is 7.66. The summed E-state index contributed by atoms with van der Waals surface area (Å²) in [5, 5.41) is 0. The Bertz CT molecular complexity index is 61.3. The Morgan fingerprint density at radius 3 is 1.44 bits per heavy atom. The van der Waals surface area contributed by atoms with Gasteiger partial charge in [-0.2, -0.15) is 0 Å². The van der Waals surface area contributed by atoms with Crippen LogP contribution in [-0.2, 0) is 0 Å². The van der Waals surface area contributed by atoms with E-state index in [1.807, 2.05) is 0 Å². The Morgan fingerprint density at radius 1 is 1.11 bits per heavy atom. The molecule has 0 fully saturated rings. The van der Waals surface area contributed by atoms with Crippen LogP contribution < -0.4 is 12.3 Å². The van der Waals surface area contributed by atoms with Crippen molar-refractivity contribution in [1.29, 1.82) is 0 Å². The van der Waals surface area contributed by atoms with Crippen LogP contribution >= 0.6 is 0 Å². The number of allylic oxidation sites excluding steroid dienone is 2. The molecule has 0 amide bonds. The van der Waals surface area contributed by atoms with Gasteiger partial charge >= 0.3 is 0 Å². The highest BCUT2D eigenvalue weighted by molar-refractivity contribution is 4.97. The first-order valence-electron chi connectivity index (χ1n) is 2.99. The van der Waals surface area contributed by atoms with Gasteiger partial charge in [0.15, 0.2) is 0 Å². The van der Waals surface area contributed by atoms with Crippen molar-refractivity contribution in [1.82, 2.24) is 12.3 Å². The maximum atomic E-state index is 2.19. The molecule has 6 N–H and O–H groups in total. The Balaban J connectivity index is -0.000000180. The normalized spacial score (nSPS) is 6.56. The van der Waals surface area contributed by atoms with Gasteiger partial charge in [0, 0.05) is 0 Å². The van der Waals surface area contributed by atoms with Gasteiger partial charge in [-0.05, 0) is 19.8 Å². The van der Waals surface area contributed by atoms with E-state index >= 15 is 0 Å². The summed E-state index contributed by atoms with van der Waals surface area (Å²) in [6.07, 6.45) is 4.62. The van der Waals surface area contributed by atoms with Gasteiger partial charge in [0.1, 0.15) is 0 Å². The van der Waals surface area contributed by atoms with E-state index in [0.29, 0.717) is 0 Å². The fourth-order valence-electron chi connectivity index (χ4n) is 0.658. The highest BCUT2D eigenvalue weighted by atomic mass is 14.0. The fraction of sp³-hybridized carbons (Fsp3) is 0.714. The summed E-state index contributed by atoms with van der Waals surface area (Å²) in [6.45, 7) is 6.49. The van der Waals surface area contributed by atoms with Crippen molar-refractivity contribution in [2.45, 2.75) is 33.6 Å². The van der Waals surface area contributed by atoms with E-state index in [4.69, 9.17) is 0 Å². The molecule has 0 bridgehead atoms. The lowest BCUT2D eigenvalue weighted by atomic mass is 10.1. The third-order valence-electron chi connectivity index (χ3n) is 1.32. The highest BCUT2D eigenvalue weighted by Gasteiger charge is 1.82. The van der Waals surface area contributed by atoms with Crippen molar-refractivity contribution in [3.63, 3.8) is 0 Å². The van der Waals surface area contributed by atoms with E-state index in [0.717, 1.165) is 0 Å². The van der Waals surface area contributed by atoms with Gasteiger partial charge in [0.05, 0.1) is 0 Å². The van der Waals surface area contributed by atoms with Gasteiger partial charge in [0.25, 0.3) is 0 Å². The summed E-state index contributed by atoms with van der Waals surface area (Å²) in [5.41, 5.74) is 1.56. The second-order valence-corrected chi connectivity index (χ2v) is 1.65. The zero-order valence-corrected chi connectivity index (χ0v) is 6.91. The van der Waals surface area contributed by atoms with Crippen molar-refractivity contribution in [3.05, 3.63) is 11.6 Å². The van der Waals surface area contributed by atoms with Crippen molar-refractivity contribution < 1.29 is 0 Å². The minimum Gasteiger partial charge on any atom is -0.344 e. The zero-order valence-electron chi connectivity index (χ0n) is 6.91. The number of hydrogen-bond donors (Lipinski definition) is 2. The molecule has 0 rings (SSSR count). The van der Waals surface area contributed by atoms with Crippen molar-refractivity contribution in [2.24, 2.45) is 0 Å². The Hall–Kier alpha value is -0.340. The van der Waals surface area contributed by atoms with Crippen LogP contribution in [0, 0.1) is 0 Å². The largest absolute Gasteiger partial charge is 0.344 e. The van der Waals surface area contributed by atoms with Crippen LogP contribution in [0.5, 0.6) is 0 Å². The molecule has 0 atom stereocenters. The van der Waals surface area contributed by atoms with Gasteiger partial charge in [-0.25, -0.2) is 0 Å². The average Bonchev–Trinajstić information content (AvgIpc) is 1.72. The minimum absolute atomic E-state index is 0. The maximum Gasteiger partial charge on any atom is -0.0349 e. The lowest BCUT2D eigenvalue weighted by molar-refractivity contribution is 0.972. The van der Waals surface area contributed by atoms with E-state index in [2.05, 4.69) is 26.8 Å². The second kappa shape index (κ2) is 10.6. The Kier molecular flexibility index (Phi) is 18.7. The second-order valence-electron chi connectivity index (χ2n) is 1.65. The lowest BCUT2D eigenvalue weighted by Gasteiger charge is -1.93. The molecule has 0 unspecified atom stereocenters.